The van der Waals surface area contributed by atoms with Crippen molar-refractivity contribution in [3.8, 4) is 0 Å². The molecule has 1 amide bonds. The van der Waals surface area contributed by atoms with Gasteiger partial charge in [0.2, 0.25) is 0 Å². The number of aromatic nitrogens is 1. The third-order valence-corrected chi connectivity index (χ3v) is 7.17. The molecule has 32 heavy (non-hydrogen) atoms. The van der Waals surface area contributed by atoms with Crippen LogP contribution < -0.4 is 20.3 Å². The number of allylic oxidation sites excluding steroid dienone is 1. The summed E-state index contributed by atoms with van der Waals surface area (Å²) in [4.78, 5) is 20.3. The molecular weight excluding hydrogens is 486 g/mol. The van der Waals surface area contributed by atoms with Crippen LogP contribution in [0.15, 0.2) is 47.0 Å². The summed E-state index contributed by atoms with van der Waals surface area (Å²) in [6.07, 6.45) is 8.92. The molecule has 3 aliphatic heterocycles. The molecule has 0 radical (unpaired) electrons. The minimum atomic E-state index is -0.136. The zero-order valence-corrected chi connectivity index (χ0v) is 20.8. The molecular formula is C24H30BrN5OS. The summed E-state index contributed by atoms with van der Waals surface area (Å²) in [5.41, 5.74) is 2.68. The molecule has 0 spiro atoms. The van der Waals surface area contributed by atoms with Gasteiger partial charge in [0.1, 0.15) is 11.6 Å². The number of piperidine rings is 1. The molecule has 0 aliphatic carbocycles. The first kappa shape index (κ1) is 23.0. The highest BCUT2D eigenvalue weighted by Crippen LogP contribution is 2.32. The molecule has 170 valence electrons. The Kier molecular flexibility index (Phi) is 7.97. The van der Waals surface area contributed by atoms with Gasteiger partial charge in [0.05, 0.1) is 15.7 Å². The van der Waals surface area contributed by atoms with Crippen LogP contribution in [0.4, 0.5) is 23.0 Å². The van der Waals surface area contributed by atoms with Gasteiger partial charge in [-0.05, 0) is 77.9 Å². The number of carbonyl (C=O) groups excluding carboxylic acids is 1. The first-order valence-corrected chi connectivity index (χ1v) is 13.1. The third kappa shape index (κ3) is 5.78. The fourth-order valence-corrected chi connectivity index (χ4v) is 4.91. The predicted molar refractivity (Wildman–Crippen MR) is 140 cm³/mol. The van der Waals surface area contributed by atoms with E-state index in [-0.39, 0.29) is 5.91 Å². The number of hydrogen-bond donors (Lipinski definition) is 3. The fourth-order valence-electron chi connectivity index (χ4n) is 4.11. The molecule has 4 bridgehead atoms. The molecule has 1 saturated heterocycles. The number of nitrogens with one attached hydrogen (secondary N) is 3. The number of amides is 1. The lowest BCUT2D eigenvalue weighted by Crippen LogP contribution is -2.35. The highest BCUT2D eigenvalue weighted by Gasteiger charge is 2.23. The Labute approximate surface area is 202 Å². The number of halogens is 1. The topological polar surface area (TPSA) is 69.3 Å². The van der Waals surface area contributed by atoms with E-state index < -0.39 is 0 Å². The van der Waals surface area contributed by atoms with E-state index in [1.54, 1.807) is 11.9 Å². The minimum absolute atomic E-state index is 0.136. The summed E-state index contributed by atoms with van der Waals surface area (Å²) in [6, 6.07) is 9.73. The number of hydrogen-bond acceptors (Lipinski definition) is 6. The predicted octanol–water partition coefficient (Wildman–Crippen LogP) is 6.15. The van der Waals surface area contributed by atoms with Gasteiger partial charge in [0.25, 0.3) is 5.91 Å². The van der Waals surface area contributed by atoms with Gasteiger partial charge in [-0.25, -0.2) is 4.98 Å². The minimum Gasteiger partial charge on any atom is -0.371 e. The molecule has 3 N–H and O–H groups in total. The average Bonchev–Trinajstić information content (AvgIpc) is 2.81. The van der Waals surface area contributed by atoms with Crippen molar-refractivity contribution in [3.05, 3.63) is 52.5 Å². The van der Waals surface area contributed by atoms with Crippen molar-refractivity contribution in [2.45, 2.75) is 32.6 Å². The number of anilines is 4. The second-order valence-corrected chi connectivity index (χ2v) is 10.0. The van der Waals surface area contributed by atoms with Crippen LogP contribution in [0.25, 0.3) is 0 Å². The third-order valence-electron chi connectivity index (χ3n) is 5.86. The quantitative estimate of drug-likeness (QED) is 0.336. The maximum atomic E-state index is 13.3. The smallest absolute Gasteiger partial charge is 0.258 e. The Morgan fingerprint density at radius 1 is 1.22 bits per heavy atom. The molecule has 1 aromatic heterocycles. The van der Waals surface area contributed by atoms with E-state index in [1.165, 1.54) is 0 Å². The van der Waals surface area contributed by atoms with Crippen LogP contribution in [0.1, 0.15) is 43.0 Å². The van der Waals surface area contributed by atoms with Crippen molar-refractivity contribution in [1.29, 1.82) is 0 Å². The van der Waals surface area contributed by atoms with Crippen molar-refractivity contribution >= 4 is 56.8 Å². The van der Waals surface area contributed by atoms with E-state index >= 15 is 0 Å². The largest absolute Gasteiger partial charge is 0.371 e. The molecule has 4 heterocycles. The Morgan fingerprint density at radius 3 is 2.88 bits per heavy atom. The Balaban J connectivity index is 1.67. The number of benzene rings is 1. The van der Waals surface area contributed by atoms with Gasteiger partial charge in [-0.2, -0.15) is 0 Å². The van der Waals surface area contributed by atoms with E-state index in [1.807, 2.05) is 24.3 Å². The standard InChI is InChI=1S/C24H30BrN5OS/c1-2-32-29-18-7-8-19-21(16-18)30-14-11-17(12-15-30)6-4-3-5-13-26-23-20(25)9-10-22(27-23)28-24(19)31/h3-4,7-10,16-17,29H,2,5-6,11-15H2,1H3,(H2,26,27,28,31)/b4-3+. The number of fused-ring (bicyclic) bond motifs is 7. The lowest BCUT2D eigenvalue weighted by Gasteiger charge is -2.34. The summed E-state index contributed by atoms with van der Waals surface area (Å²) in [6.45, 7) is 4.84. The highest BCUT2D eigenvalue weighted by molar-refractivity contribution is 9.10. The summed E-state index contributed by atoms with van der Waals surface area (Å²) in [5.74, 6) is 2.81. The van der Waals surface area contributed by atoms with E-state index in [2.05, 4.69) is 66.3 Å². The van der Waals surface area contributed by atoms with Crippen molar-refractivity contribution in [2.75, 3.05) is 45.6 Å². The summed E-state index contributed by atoms with van der Waals surface area (Å²) in [7, 11) is 0. The van der Waals surface area contributed by atoms with Gasteiger partial charge in [-0.1, -0.05) is 31.0 Å². The maximum Gasteiger partial charge on any atom is 0.258 e. The van der Waals surface area contributed by atoms with Crippen LogP contribution >= 0.6 is 27.9 Å². The summed E-state index contributed by atoms with van der Waals surface area (Å²) < 4.78 is 4.26. The number of pyridine rings is 1. The van der Waals surface area contributed by atoms with Crippen molar-refractivity contribution in [1.82, 2.24) is 4.98 Å². The van der Waals surface area contributed by atoms with Gasteiger partial charge in [-0.3, -0.25) is 4.79 Å². The molecule has 5 rings (SSSR count). The van der Waals surface area contributed by atoms with Crippen LogP contribution in [-0.4, -0.2) is 36.3 Å². The van der Waals surface area contributed by atoms with Crippen molar-refractivity contribution in [3.63, 3.8) is 0 Å². The Morgan fingerprint density at radius 2 is 2.06 bits per heavy atom. The Hall–Kier alpha value is -2.19. The second kappa shape index (κ2) is 11.1. The monoisotopic (exact) mass is 515 g/mol. The summed E-state index contributed by atoms with van der Waals surface area (Å²) in [5, 5.41) is 6.36. The Bertz CT molecular complexity index is 975. The van der Waals surface area contributed by atoms with Crippen LogP contribution in [0, 0.1) is 5.92 Å². The first-order chi connectivity index (χ1) is 15.6. The van der Waals surface area contributed by atoms with E-state index in [4.69, 9.17) is 0 Å². The van der Waals surface area contributed by atoms with E-state index in [0.717, 1.165) is 72.7 Å². The summed E-state index contributed by atoms with van der Waals surface area (Å²) >= 11 is 5.20. The van der Waals surface area contributed by atoms with Gasteiger partial charge in [0, 0.05) is 31.1 Å². The van der Waals surface area contributed by atoms with Crippen LogP contribution in [-0.2, 0) is 0 Å². The van der Waals surface area contributed by atoms with Crippen molar-refractivity contribution in [2.24, 2.45) is 5.92 Å². The van der Waals surface area contributed by atoms with E-state index in [0.29, 0.717) is 17.3 Å². The van der Waals surface area contributed by atoms with Crippen LogP contribution in [0.5, 0.6) is 0 Å². The van der Waals surface area contributed by atoms with Gasteiger partial charge < -0.3 is 20.3 Å². The molecule has 8 heteroatoms. The lowest BCUT2D eigenvalue weighted by atomic mass is 9.92. The highest BCUT2D eigenvalue weighted by atomic mass is 79.9. The van der Waals surface area contributed by atoms with Gasteiger partial charge in [0.15, 0.2) is 0 Å². The zero-order valence-electron chi connectivity index (χ0n) is 18.4. The molecule has 3 aliphatic rings. The van der Waals surface area contributed by atoms with Crippen LogP contribution in [0.3, 0.4) is 0 Å². The molecule has 1 aromatic carbocycles. The molecule has 0 atom stereocenters. The SMILES string of the molecule is CCSNc1ccc2c(c1)N1CCC(C/C=C/CCNc3nc(ccc3Br)NC2=O)CC1. The second-order valence-electron chi connectivity index (χ2n) is 8.10. The van der Waals surface area contributed by atoms with E-state index in [9.17, 15) is 4.79 Å². The van der Waals surface area contributed by atoms with Gasteiger partial charge in [-0.15, -0.1) is 0 Å². The van der Waals surface area contributed by atoms with Crippen molar-refractivity contribution < 1.29 is 4.79 Å². The van der Waals surface area contributed by atoms with Crippen LogP contribution in [0.2, 0.25) is 0 Å². The first-order valence-electron chi connectivity index (χ1n) is 11.3. The fraction of sp³-hybridized carbons (Fsp3) is 0.417. The zero-order chi connectivity index (χ0) is 22.3. The number of carbonyl (C=O) groups is 1. The molecule has 2 aromatic rings. The van der Waals surface area contributed by atoms with Gasteiger partial charge >= 0.3 is 0 Å². The number of rotatable bonds is 3. The molecule has 1 fully saturated rings. The average molecular weight is 517 g/mol. The lowest BCUT2D eigenvalue weighted by molar-refractivity contribution is 0.102. The molecule has 0 saturated carbocycles. The molecule has 0 unspecified atom stereocenters. The number of nitrogens with zero attached hydrogens (tertiary/aromatic N) is 2. The maximum absolute atomic E-state index is 13.3. The molecule has 6 nitrogen and oxygen atoms in total. The normalized spacial score (nSPS) is 18.3.